The van der Waals surface area contributed by atoms with Gasteiger partial charge in [-0.25, -0.2) is 5.06 Å². The molecule has 7 heteroatoms. The molecule has 2 aromatic rings. The van der Waals surface area contributed by atoms with Crippen LogP contribution in [-0.2, 0) is 11.4 Å². The third-order valence-corrected chi connectivity index (χ3v) is 4.32. The molecule has 1 saturated carbocycles. The molecular formula is C16H18ClN3O3. The van der Waals surface area contributed by atoms with E-state index in [4.69, 9.17) is 21.0 Å². The number of carbonyl (C=O) groups is 1. The quantitative estimate of drug-likeness (QED) is 0.471. The van der Waals surface area contributed by atoms with Crippen LogP contribution in [0.25, 0.3) is 0 Å². The summed E-state index contributed by atoms with van der Waals surface area (Å²) in [4.78, 5) is 21.5. The lowest BCUT2D eigenvalue weighted by molar-refractivity contribution is -0.154. The van der Waals surface area contributed by atoms with Crippen molar-refractivity contribution in [3.8, 4) is 0 Å². The zero-order chi connectivity index (χ0) is 16.1. The highest BCUT2D eigenvalue weighted by Crippen LogP contribution is 2.33. The first-order chi connectivity index (χ1) is 11.2. The number of amides is 1. The molecule has 1 fully saturated rings. The fourth-order valence-corrected chi connectivity index (χ4v) is 3.13. The molecule has 0 unspecified atom stereocenters. The van der Waals surface area contributed by atoms with Crippen molar-refractivity contribution in [2.45, 2.75) is 44.2 Å². The molecule has 0 N–H and O–H groups in total. The van der Waals surface area contributed by atoms with Crippen LogP contribution >= 0.6 is 11.6 Å². The molecule has 1 aromatic carbocycles. The van der Waals surface area contributed by atoms with Crippen LogP contribution in [0.5, 0.6) is 0 Å². The Morgan fingerprint density at radius 3 is 2.61 bits per heavy atom. The zero-order valence-electron chi connectivity index (χ0n) is 12.6. The molecular weight excluding hydrogens is 318 g/mol. The number of hydroxylamine groups is 2. The van der Waals surface area contributed by atoms with Crippen molar-refractivity contribution in [1.82, 2.24) is 15.2 Å². The Balaban J connectivity index is 1.56. The Bertz CT molecular complexity index is 613. The van der Waals surface area contributed by atoms with Crippen molar-refractivity contribution in [2.75, 3.05) is 0 Å². The summed E-state index contributed by atoms with van der Waals surface area (Å²) in [6.07, 6.45) is 4.69. The minimum absolute atomic E-state index is 0.0214. The minimum atomic E-state index is -0.580. The summed E-state index contributed by atoms with van der Waals surface area (Å²) in [5, 5.41) is 4.62. The number of rotatable bonds is 5. The first-order valence-electron chi connectivity index (χ1n) is 7.66. The molecule has 0 atom stereocenters. The predicted octanol–water partition coefficient (Wildman–Crippen LogP) is 3.89. The average molecular weight is 336 g/mol. The third kappa shape index (κ3) is 4.09. The topological polar surface area (TPSA) is 68.5 Å². The number of halogens is 1. The van der Waals surface area contributed by atoms with Crippen LogP contribution in [0.1, 0.15) is 43.0 Å². The fourth-order valence-electron chi connectivity index (χ4n) is 2.95. The number of nitrogens with zero attached hydrogens (tertiary/aromatic N) is 3. The first kappa shape index (κ1) is 16.0. The highest BCUT2D eigenvalue weighted by Gasteiger charge is 2.31. The second-order valence-electron chi connectivity index (χ2n) is 5.63. The van der Waals surface area contributed by atoms with E-state index in [9.17, 15) is 4.79 Å². The number of carbonyl (C=O) groups excluding carboxylic acids is 1. The average Bonchev–Trinajstić information content (AvgIpc) is 3.11. The normalized spacial score (nSPS) is 21.1. The lowest BCUT2D eigenvalue weighted by Crippen LogP contribution is -2.39. The van der Waals surface area contributed by atoms with E-state index in [0.717, 1.165) is 37.1 Å². The van der Waals surface area contributed by atoms with Crippen LogP contribution < -0.4 is 0 Å². The molecule has 0 radical (unpaired) electrons. The van der Waals surface area contributed by atoms with Crippen molar-refractivity contribution < 1.29 is 14.2 Å². The molecule has 6 nitrogen and oxygen atoms in total. The second kappa shape index (κ2) is 7.57. The summed E-state index contributed by atoms with van der Waals surface area (Å²) >= 11 is 5.70. The maximum absolute atomic E-state index is 11.7. The molecule has 1 aliphatic carbocycles. The standard InChI is InChI=1S/C16H18ClN3O3/c17-16(21)20(23-10-12-4-2-1-3-5-12)14-8-6-13(7-9-14)15-18-11-22-19-15/h1-5,11,13-14H,6-10H2/t13-,14-. The van der Waals surface area contributed by atoms with E-state index in [-0.39, 0.29) is 12.0 Å². The van der Waals surface area contributed by atoms with Crippen molar-refractivity contribution in [3.63, 3.8) is 0 Å². The Kier molecular flexibility index (Phi) is 5.25. The van der Waals surface area contributed by atoms with Crippen LogP contribution in [0.4, 0.5) is 4.79 Å². The summed E-state index contributed by atoms with van der Waals surface area (Å²) in [6, 6.07) is 9.68. The maximum atomic E-state index is 11.7. The molecule has 1 amide bonds. The summed E-state index contributed by atoms with van der Waals surface area (Å²) < 4.78 is 4.80. The molecule has 3 rings (SSSR count). The minimum Gasteiger partial charge on any atom is -0.343 e. The maximum Gasteiger partial charge on any atom is 0.340 e. The predicted molar refractivity (Wildman–Crippen MR) is 83.6 cm³/mol. The largest absolute Gasteiger partial charge is 0.343 e. The summed E-state index contributed by atoms with van der Waals surface area (Å²) in [5.41, 5.74) is 0.996. The van der Waals surface area contributed by atoms with Crippen LogP contribution in [0, 0.1) is 0 Å². The van der Waals surface area contributed by atoms with Gasteiger partial charge in [-0.2, -0.15) is 4.98 Å². The van der Waals surface area contributed by atoms with Gasteiger partial charge in [0.15, 0.2) is 5.82 Å². The highest BCUT2D eigenvalue weighted by atomic mass is 35.5. The Labute approximate surface area is 139 Å². The fraction of sp³-hybridized carbons (Fsp3) is 0.438. The van der Waals surface area contributed by atoms with Crippen LogP contribution in [0.3, 0.4) is 0 Å². The van der Waals surface area contributed by atoms with E-state index >= 15 is 0 Å². The van der Waals surface area contributed by atoms with Gasteiger partial charge in [0.1, 0.15) is 6.61 Å². The van der Waals surface area contributed by atoms with Crippen LogP contribution in [-0.4, -0.2) is 26.6 Å². The van der Waals surface area contributed by atoms with E-state index < -0.39 is 5.37 Å². The molecule has 0 spiro atoms. The molecule has 23 heavy (non-hydrogen) atoms. The van der Waals surface area contributed by atoms with Gasteiger partial charge in [0.05, 0.1) is 6.04 Å². The summed E-state index contributed by atoms with van der Waals surface area (Å²) in [5.74, 6) is 1.00. The number of aromatic nitrogens is 2. The Hall–Kier alpha value is -1.92. The lowest BCUT2D eigenvalue weighted by Gasteiger charge is -2.33. The van der Waals surface area contributed by atoms with Gasteiger partial charge in [-0.3, -0.25) is 9.63 Å². The van der Waals surface area contributed by atoms with E-state index in [1.807, 2.05) is 30.3 Å². The first-order valence-corrected chi connectivity index (χ1v) is 8.03. The smallest absolute Gasteiger partial charge is 0.340 e. The SMILES string of the molecule is O=C(Cl)N(OCc1ccccc1)[C@H]1CC[C@H](c2ncon2)CC1. The van der Waals surface area contributed by atoms with E-state index in [0.29, 0.717) is 6.61 Å². The van der Waals surface area contributed by atoms with Crippen LogP contribution in [0.2, 0.25) is 0 Å². The van der Waals surface area contributed by atoms with Gasteiger partial charge < -0.3 is 4.52 Å². The molecule has 1 aliphatic rings. The summed E-state index contributed by atoms with van der Waals surface area (Å²) in [7, 11) is 0. The molecule has 1 aromatic heterocycles. The lowest BCUT2D eigenvalue weighted by atomic mass is 9.85. The third-order valence-electron chi connectivity index (χ3n) is 4.16. The van der Waals surface area contributed by atoms with Gasteiger partial charge in [-0.05, 0) is 42.8 Å². The summed E-state index contributed by atoms with van der Waals surface area (Å²) in [6.45, 7) is 0.323. The van der Waals surface area contributed by atoms with Gasteiger partial charge in [-0.15, -0.1) is 0 Å². The van der Waals surface area contributed by atoms with Crippen molar-refractivity contribution in [1.29, 1.82) is 0 Å². The number of benzene rings is 1. The molecule has 0 saturated heterocycles. The van der Waals surface area contributed by atoms with Gasteiger partial charge in [0, 0.05) is 5.92 Å². The van der Waals surface area contributed by atoms with E-state index in [1.54, 1.807) is 0 Å². The molecule has 1 heterocycles. The Morgan fingerprint density at radius 1 is 1.26 bits per heavy atom. The highest BCUT2D eigenvalue weighted by molar-refractivity contribution is 6.62. The van der Waals surface area contributed by atoms with Gasteiger partial charge in [-0.1, -0.05) is 35.5 Å². The van der Waals surface area contributed by atoms with Gasteiger partial charge in [0.25, 0.3) is 0 Å². The van der Waals surface area contributed by atoms with Gasteiger partial charge in [0.2, 0.25) is 6.39 Å². The number of hydrogen-bond acceptors (Lipinski definition) is 5. The van der Waals surface area contributed by atoms with E-state index in [2.05, 4.69) is 10.1 Å². The zero-order valence-corrected chi connectivity index (χ0v) is 13.4. The molecule has 122 valence electrons. The molecule has 0 aliphatic heterocycles. The van der Waals surface area contributed by atoms with E-state index in [1.165, 1.54) is 11.5 Å². The Morgan fingerprint density at radius 2 is 2.00 bits per heavy atom. The van der Waals surface area contributed by atoms with Gasteiger partial charge >= 0.3 is 5.37 Å². The van der Waals surface area contributed by atoms with Crippen LogP contribution in [0.15, 0.2) is 41.2 Å². The number of hydrogen-bond donors (Lipinski definition) is 0. The molecule has 0 bridgehead atoms. The van der Waals surface area contributed by atoms with Crippen molar-refractivity contribution in [3.05, 3.63) is 48.1 Å². The van der Waals surface area contributed by atoms with Crippen molar-refractivity contribution >= 4 is 17.0 Å². The monoisotopic (exact) mass is 335 g/mol. The second-order valence-corrected chi connectivity index (χ2v) is 5.96. The van der Waals surface area contributed by atoms with Crippen molar-refractivity contribution in [2.24, 2.45) is 0 Å².